The highest BCUT2D eigenvalue weighted by molar-refractivity contribution is 7.88. The fourth-order valence-electron chi connectivity index (χ4n) is 3.24. The van der Waals surface area contributed by atoms with Crippen LogP contribution in [-0.2, 0) is 31.8 Å². The second kappa shape index (κ2) is 11.6. The lowest BCUT2D eigenvalue weighted by atomic mass is 10.0. The van der Waals surface area contributed by atoms with Gasteiger partial charge in [-0.15, -0.1) is 0 Å². The van der Waals surface area contributed by atoms with E-state index in [4.69, 9.17) is 0 Å². The Morgan fingerprint density at radius 2 is 1.39 bits per heavy atom. The summed E-state index contributed by atoms with van der Waals surface area (Å²) >= 11 is 0. The molecule has 0 heterocycles. The topological polar surface area (TPSA) is 104 Å². The highest BCUT2D eigenvalue weighted by Gasteiger charge is 2.29. The molecule has 2 atom stereocenters. The fourth-order valence-corrected chi connectivity index (χ4v) is 4.59. The van der Waals surface area contributed by atoms with Crippen LogP contribution in [0.4, 0.5) is 0 Å². The molecule has 0 aliphatic heterocycles. The van der Waals surface area contributed by atoms with Gasteiger partial charge in [-0.2, -0.15) is 0 Å². The molecule has 3 N–H and O–H groups in total. The van der Waals surface area contributed by atoms with Crippen molar-refractivity contribution in [3.8, 4) is 0 Å². The molecule has 2 amide bonds. The average molecular weight is 446 g/mol. The summed E-state index contributed by atoms with van der Waals surface area (Å²) in [7, 11) is -2.26. The summed E-state index contributed by atoms with van der Waals surface area (Å²) in [5.41, 5.74) is 1.52. The van der Waals surface area contributed by atoms with Crippen LogP contribution in [0.2, 0.25) is 0 Å². The Hall–Kier alpha value is -2.71. The third kappa shape index (κ3) is 8.51. The Morgan fingerprint density at radius 1 is 0.839 bits per heavy atom. The summed E-state index contributed by atoms with van der Waals surface area (Å²) in [5, 5.41) is 5.29. The third-order valence-corrected chi connectivity index (χ3v) is 6.06. The first-order valence-corrected chi connectivity index (χ1v) is 11.9. The molecule has 0 unspecified atom stereocenters. The lowest BCUT2D eigenvalue weighted by Crippen LogP contribution is -2.54. The molecule has 0 bridgehead atoms. The zero-order valence-corrected chi connectivity index (χ0v) is 19.0. The van der Waals surface area contributed by atoms with E-state index < -0.39 is 28.0 Å². The van der Waals surface area contributed by atoms with E-state index in [0.717, 1.165) is 5.56 Å². The number of amides is 2. The van der Waals surface area contributed by atoms with Crippen molar-refractivity contribution >= 4 is 21.8 Å². The van der Waals surface area contributed by atoms with E-state index >= 15 is 0 Å². The summed E-state index contributed by atoms with van der Waals surface area (Å²) in [4.78, 5) is 25.4. The van der Waals surface area contributed by atoms with E-state index in [1.54, 1.807) is 24.3 Å². The molecule has 168 valence electrons. The van der Waals surface area contributed by atoms with Crippen LogP contribution in [0.15, 0.2) is 60.7 Å². The van der Waals surface area contributed by atoms with Gasteiger partial charge in [0.2, 0.25) is 21.8 Å². The van der Waals surface area contributed by atoms with Crippen LogP contribution < -0.4 is 15.4 Å². The number of hydrogen-bond acceptors (Lipinski definition) is 4. The molecular weight excluding hydrogens is 414 g/mol. The molecule has 0 fully saturated rings. The Labute approximate surface area is 184 Å². The highest BCUT2D eigenvalue weighted by atomic mass is 32.2. The number of nitrogens with one attached hydrogen (secondary N) is 3. The zero-order chi connectivity index (χ0) is 22.9. The van der Waals surface area contributed by atoms with Gasteiger partial charge in [0, 0.05) is 13.5 Å². The number of benzene rings is 2. The number of likely N-dealkylation sites (N-methyl/N-ethyl adjacent to an activating group) is 1. The van der Waals surface area contributed by atoms with Crippen LogP contribution in [0.1, 0.15) is 31.4 Å². The summed E-state index contributed by atoms with van der Waals surface area (Å²) in [5.74, 6) is -1.01. The van der Waals surface area contributed by atoms with Crippen molar-refractivity contribution in [3.63, 3.8) is 0 Å². The Kier molecular flexibility index (Phi) is 9.21. The smallest absolute Gasteiger partial charge is 0.242 e. The molecule has 2 aromatic carbocycles. The van der Waals surface area contributed by atoms with E-state index in [0.29, 0.717) is 18.4 Å². The average Bonchev–Trinajstić information content (AvgIpc) is 2.72. The van der Waals surface area contributed by atoms with E-state index in [-0.39, 0.29) is 17.6 Å². The molecule has 0 saturated heterocycles. The number of sulfonamides is 1. The largest absolute Gasteiger partial charge is 0.357 e. The maximum absolute atomic E-state index is 13.0. The molecule has 7 nitrogen and oxygen atoms in total. The van der Waals surface area contributed by atoms with Gasteiger partial charge in [0.25, 0.3) is 0 Å². The Balaban J connectivity index is 2.15. The molecule has 0 aliphatic carbocycles. The first-order valence-electron chi connectivity index (χ1n) is 10.3. The quantitative estimate of drug-likeness (QED) is 0.492. The summed E-state index contributed by atoms with van der Waals surface area (Å²) in [6, 6.07) is 16.3. The third-order valence-electron chi connectivity index (χ3n) is 4.71. The van der Waals surface area contributed by atoms with Gasteiger partial charge in [-0.05, 0) is 23.5 Å². The lowest BCUT2D eigenvalue weighted by molar-refractivity contribution is -0.129. The minimum atomic E-state index is -3.76. The molecule has 2 aromatic rings. The monoisotopic (exact) mass is 445 g/mol. The number of carbonyl (C=O) groups excluding carboxylic acids is 2. The van der Waals surface area contributed by atoms with Crippen molar-refractivity contribution in [2.24, 2.45) is 5.92 Å². The number of hydrogen-bond donors (Lipinski definition) is 3. The van der Waals surface area contributed by atoms with Crippen molar-refractivity contribution in [1.29, 1.82) is 0 Å². The standard InChI is InChI=1S/C23H31N3O4S/c1-17(2)14-21(26-31(29,30)16-19-12-8-5-9-13-19)23(28)25-20(22(27)24-3)15-18-10-6-4-7-11-18/h4-13,17,20-21,26H,14-16H2,1-3H3,(H,24,27)(H,25,28)/t20-,21-/m0/s1. The van der Waals surface area contributed by atoms with Gasteiger partial charge in [0.05, 0.1) is 5.75 Å². The molecule has 0 radical (unpaired) electrons. The van der Waals surface area contributed by atoms with Gasteiger partial charge in [-0.25, -0.2) is 13.1 Å². The molecule has 0 aliphatic rings. The zero-order valence-electron chi connectivity index (χ0n) is 18.2. The van der Waals surface area contributed by atoms with Gasteiger partial charge in [0.1, 0.15) is 12.1 Å². The minimum absolute atomic E-state index is 0.0720. The predicted octanol–water partition coefficient (Wildman–Crippen LogP) is 1.99. The van der Waals surface area contributed by atoms with Gasteiger partial charge in [0.15, 0.2) is 0 Å². The van der Waals surface area contributed by atoms with Gasteiger partial charge in [-0.3, -0.25) is 9.59 Å². The minimum Gasteiger partial charge on any atom is -0.357 e. The van der Waals surface area contributed by atoms with E-state index in [1.807, 2.05) is 50.2 Å². The van der Waals surface area contributed by atoms with Gasteiger partial charge < -0.3 is 10.6 Å². The first kappa shape index (κ1) is 24.6. The Morgan fingerprint density at radius 3 is 1.90 bits per heavy atom. The fraction of sp³-hybridized carbons (Fsp3) is 0.391. The van der Waals surface area contributed by atoms with Crippen LogP contribution in [0.25, 0.3) is 0 Å². The van der Waals surface area contributed by atoms with Crippen molar-refractivity contribution in [1.82, 2.24) is 15.4 Å². The van der Waals surface area contributed by atoms with Gasteiger partial charge in [-0.1, -0.05) is 74.5 Å². The second-order valence-corrected chi connectivity index (χ2v) is 9.66. The summed E-state index contributed by atoms with van der Waals surface area (Å²) < 4.78 is 27.9. The molecule has 0 saturated carbocycles. The molecule has 8 heteroatoms. The summed E-state index contributed by atoms with van der Waals surface area (Å²) in [6.07, 6.45) is 0.614. The molecule has 2 rings (SSSR count). The van der Waals surface area contributed by atoms with E-state index in [1.165, 1.54) is 7.05 Å². The van der Waals surface area contributed by atoms with Crippen molar-refractivity contribution in [3.05, 3.63) is 71.8 Å². The number of rotatable bonds is 11. The van der Waals surface area contributed by atoms with Crippen LogP contribution in [0.3, 0.4) is 0 Å². The lowest BCUT2D eigenvalue weighted by Gasteiger charge is -2.24. The maximum atomic E-state index is 13.0. The van der Waals surface area contributed by atoms with E-state index in [9.17, 15) is 18.0 Å². The van der Waals surface area contributed by atoms with Crippen LogP contribution in [0.5, 0.6) is 0 Å². The summed E-state index contributed by atoms with van der Waals surface area (Å²) in [6.45, 7) is 3.82. The predicted molar refractivity (Wildman–Crippen MR) is 122 cm³/mol. The second-order valence-electron chi connectivity index (χ2n) is 7.91. The van der Waals surface area contributed by atoms with Crippen LogP contribution in [0, 0.1) is 5.92 Å². The van der Waals surface area contributed by atoms with Gasteiger partial charge >= 0.3 is 0 Å². The maximum Gasteiger partial charge on any atom is 0.242 e. The Bertz CT molecular complexity index is 947. The molecule has 31 heavy (non-hydrogen) atoms. The van der Waals surface area contributed by atoms with Crippen LogP contribution >= 0.6 is 0 Å². The molecule has 0 aromatic heterocycles. The van der Waals surface area contributed by atoms with Crippen molar-refractivity contribution in [2.75, 3.05) is 7.05 Å². The first-order chi connectivity index (χ1) is 14.7. The van der Waals surface area contributed by atoms with E-state index in [2.05, 4.69) is 15.4 Å². The molecular formula is C23H31N3O4S. The SMILES string of the molecule is CNC(=O)[C@H](Cc1ccccc1)NC(=O)[C@H](CC(C)C)NS(=O)(=O)Cc1ccccc1. The highest BCUT2D eigenvalue weighted by Crippen LogP contribution is 2.11. The van der Waals surface area contributed by atoms with Crippen molar-refractivity contribution < 1.29 is 18.0 Å². The molecule has 0 spiro atoms. The van der Waals surface area contributed by atoms with Crippen LogP contribution in [-0.4, -0.2) is 39.4 Å². The number of carbonyl (C=O) groups is 2. The normalized spacial score (nSPS) is 13.4. The van der Waals surface area contributed by atoms with Crippen molar-refractivity contribution in [2.45, 2.75) is 44.5 Å².